The third kappa shape index (κ3) is 5.71. The zero-order chi connectivity index (χ0) is 29.6. The van der Waals surface area contributed by atoms with Crippen molar-refractivity contribution in [2.75, 3.05) is 18.9 Å². The number of hydrogen-bond acceptors (Lipinski definition) is 5. The number of nitrogens with one attached hydrogen (secondary N) is 1. The fourth-order valence-electron chi connectivity index (χ4n) is 5.18. The van der Waals surface area contributed by atoms with E-state index in [1.807, 2.05) is 76.2 Å². The minimum atomic E-state index is -4.61. The summed E-state index contributed by atoms with van der Waals surface area (Å²) in [5, 5.41) is 2.68. The van der Waals surface area contributed by atoms with Crippen molar-refractivity contribution in [1.29, 1.82) is 0 Å². The zero-order valence-electron chi connectivity index (χ0n) is 23.3. The molecule has 1 amide bonds. The molecular formula is C31H32BF3N2O4. The van der Waals surface area contributed by atoms with Crippen LogP contribution in [0.3, 0.4) is 0 Å². The molecule has 3 N–H and O–H groups in total. The first kappa shape index (κ1) is 28.8. The fourth-order valence-corrected chi connectivity index (χ4v) is 5.18. The van der Waals surface area contributed by atoms with Crippen LogP contribution in [0.4, 0.5) is 23.7 Å². The highest BCUT2D eigenvalue weighted by atomic mass is 19.4. The number of carbonyl (C=O) groups excluding carboxylic acids is 1. The number of alkyl halides is 3. The predicted molar refractivity (Wildman–Crippen MR) is 153 cm³/mol. The number of ether oxygens (including phenoxy) is 1. The second-order valence-electron chi connectivity index (χ2n) is 11.3. The lowest BCUT2D eigenvalue weighted by Gasteiger charge is -2.32. The Morgan fingerprint density at radius 3 is 2.10 bits per heavy atom. The van der Waals surface area contributed by atoms with E-state index in [9.17, 15) is 18.0 Å². The number of fused-ring (bicyclic) bond motifs is 3. The average molecular weight is 564 g/mol. The van der Waals surface area contributed by atoms with Crippen molar-refractivity contribution >= 4 is 25.0 Å². The predicted octanol–water partition coefficient (Wildman–Crippen LogP) is 6.84. The van der Waals surface area contributed by atoms with Gasteiger partial charge in [-0.25, -0.2) is 4.79 Å². The molecule has 214 valence electrons. The molecule has 0 bridgehead atoms. The molecule has 1 saturated heterocycles. The highest BCUT2D eigenvalue weighted by molar-refractivity contribution is 6.56. The molecule has 5 rings (SSSR count). The molecule has 0 radical (unpaired) electrons. The summed E-state index contributed by atoms with van der Waals surface area (Å²) in [6.45, 7) is 7.29. The quantitative estimate of drug-likeness (QED) is 0.253. The standard InChI is InChI=1S/C31H32BF3N2O4/c1-29(2)30(3,4)41-32(40-29)20(15-19-16-21(36)13-14-27(19)31(33,34)35)17-37-28(38)39-18-26-24-11-7-5-9-22(24)23-10-6-8-12-25(23)26/h5-16,26H,17-18,36H2,1-4H3,(H,37,38). The second kappa shape index (κ2) is 10.6. The fraction of sp³-hybridized carbons (Fsp3) is 0.323. The van der Waals surface area contributed by atoms with E-state index in [-0.39, 0.29) is 35.8 Å². The van der Waals surface area contributed by atoms with Gasteiger partial charge in [-0.05, 0) is 79.2 Å². The van der Waals surface area contributed by atoms with Gasteiger partial charge in [-0.3, -0.25) is 0 Å². The molecule has 3 aromatic rings. The van der Waals surface area contributed by atoms with Gasteiger partial charge in [0.2, 0.25) is 0 Å². The highest BCUT2D eigenvalue weighted by Gasteiger charge is 2.52. The molecule has 2 aliphatic rings. The maximum Gasteiger partial charge on any atom is 0.492 e. The van der Waals surface area contributed by atoms with Crippen LogP contribution >= 0.6 is 0 Å². The van der Waals surface area contributed by atoms with Gasteiger partial charge < -0.3 is 25.1 Å². The van der Waals surface area contributed by atoms with Gasteiger partial charge in [0.15, 0.2) is 0 Å². The van der Waals surface area contributed by atoms with E-state index in [4.69, 9.17) is 19.8 Å². The summed E-state index contributed by atoms with van der Waals surface area (Å²) in [5.41, 5.74) is 8.12. The second-order valence-corrected chi connectivity index (χ2v) is 11.3. The number of nitrogens with two attached hydrogens (primary N) is 1. The molecule has 1 heterocycles. The van der Waals surface area contributed by atoms with Gasteiger partial charge in [0.1, 0.15) is 6.61 Å². The monoisotopic (exact) mass is 564 g/mol. The molecule has 6 nitrogen and oxygen atoms in total. The number of hydrogen-bond donors (Lipinski definition) is 2. The van der Waals surface area contributed by atoms with Crippen molar-refractivity contribution in [3.63, 3.8) is 0 Å². The van der Waals surface area contributed by atoms with Gasteiger partial charge in [0.05, 0.1) is 16.8 Å². The van der Waals surface area contributed by atoms with Crippen LogP contribution in [-0.4, -0.2) is 37.6 Å². The van der Waals surface area contributed by atoms with Crippen molar-refractivity contribution in [3.8, 4) is 11.1 Å². The lowest BCUT2D eigenvalue weighted by molar-refractivity contribution is -0.137. The molecular weight excluding hydrogens is 532 g/mol. The van der Waals surface area contributed by atoms with E-state index >= 15 is 0 Å². The first-order valence-corrected chi connectivity index (χ1v) is 13.4. The molecule has 1 aliphatic heterocycles. The highest BCUT2D eigenvalue weighted by Crippen LogP contribution is 2.44. The minimum Gasteiger partial charge on any atom is -0.449 e. The molecule has 1 aliphatic carbocycles. The lowest BCUT2D eigenvalue weighted by Crippen LogP contribution is -2.41. The molecule has 0 saturated carbocycles. The maximum atomic E-state index is 13.8. The van der Waals surface area contributed by atoms with Crippen molar-refractivity contribution in [3.05, 3.63) is 94.5 Å². The SMILES string of the molecule is CC1(C)OB(C(=Cc2cc(N)ccc2C(F)(F)F)CNC(=O)OCC2c3ccccc3-c3ccccc32)OC1(C)C. The van der Waals surface area contributed by atoms with Crippen LogP contribution in [0.1, 0.15) is 55.9 Å². The number of benzene rings is 3. The number of carbonyl (C=O) groups is 1. The Morgan fingerprint density at radius 2 is 1.54 bits per heavy atom. The van der Waals surface area contributed by atoms with Crippen LogP contribution < -0.4 is 11.1 Å². The Labute approximate surface area is 237 Å². The van der Waals surface area contributed by atoms with Gasteiger partial charge >= 0.3 is 19.4 Å². The minimum absolute atomic E-state index is 0.100. The normalized spacial score (nSPS) is 17.7. The summed E-state index contributed by atoms with van der Waals surface area (Å²) in [4.78, 5) is 12.9. The molecule has 0 atom stereocenters. The van der Waals surface area contributed by atoms with Crippen molar-refractivity contribution in [2.24, 2.45) is 0 Å². The van der Waals surface area contributed by atoms with E-state index in [0.29, 0.717) is 0 Å². The molecule has 0 spiro atoms. The van der Waals surface area contributed by atoms with E-state index in [2.05, 4.69) is 5.32 Å². The molecule has 41 heavy (non-hydrogen) atoms. The molecule has 1 fully saturated rings. The van der Waals surface area contributed by atoms with Crippen LogP contribution in [-0.2, 0) is 20.2 Å². The summed E-state index contributed by atoms with van der Waals surface area (Å²) in [5.74, 6) is -0.132. The number of rotatable bonds is 6. The zero-order valence-corrected chi connectivity index (χ0v) is 23.3. The van der Waals surface area contributed by atoms with Crippen molar-refractivity contribution in [1.82, 2.24) is 5.32 Å². The smallest absolute Gasteiger partial charge is 0.449 e. The Balaban J connectivity index is 1.36. The first-order valence-electron chi connectivity index (χ1n) is 13.4. The molecule has 3 aromatic carbocycles. The molecule has 10 heteroatoms. The number of nitrogen functional groups attached to an aromatic ring is 1. The third-order valence-corrected chi connectivity index (χ3v) is 8.06. The van der Waals surface area contributed by atoms with Crippen LogP contribution in [0.15, 0.2) is 72.2 Å². The number of halogens is 3. The van der Waals surface area contributed by atoms with Gasteiger partial charge in [-0.15, -0.1) is 0 Å². The van der Waals surface area contributed by atoms with Gasteiger partial charge in [0.25, 0.3) is 0 Å². The van der Waals surface area contributed by atoms with E-state index in [0.717, 1.165) is 28.3 Å². The van der Waals surface area contributed by atoms with Crippen molar-refractivity contribution in [2.45, 2.75) is 51.0 Å². The van der Waals surface area contributed by atoms with Gasteiger partial charge in [-0.1, -0.05) is 54.6 Å². The third-order valence-electron chi connectivity index (χ3n) is 8.06. The number of amides is 1. The van der Waals surface area contributed by atoms with Crippen molar-refractivity contribution < 1.29 is 32.0 Å². The van der Waals surface area contributed by atoms with E-state index in [1.165, 1.54) is 18.2 Å². The maximum absolute atomic E-state index is 13.8. The lowest BCUT2D eigenvalue weighted by atomic mass is 9.76. The van der Waals surface area contributed by atoms with Gasteiger partial charge in [0, 0.05) is 18.2 Å². The van der Waals surface area contributed by atoms with E-state index in [1.54, 1.807) is 0 Å². The average Bonchev–Trinajstić information content (AvgIpc) is 3.33. The van der Waals surface area contributed by atoms with Crippen LogP contribution in [0, 0.1) is 0 Å². The molecule has 0 unspecified atom stereocenters. The summed E-state index contributed by atoms with van der Waals surface area (Å²) in [6, 6.07) is 19.3. The Hall–Kier alpha value is -3.76. The summed E-state index contributed by atoms with van der Waals surface area (Å²) < 4.78 is 59.3. The van der Waals surface area contributed by atoms with Crippen LogP contribution in [0.2, 0.25) is 0 Å². The topological polar surface area (TPSA) is 82.8 Å². The van der Waals surface area contributed by atoms with Crippen LogP contribution in [0.5, 0.6) is 0 Å². The number of alkyl carbamates (subject to hydrolysis) is 1. The number of anilines is 1. The summed E-state index contributed by atoms with van der Waals surface area (Å²) in [6.07, 6.45) is -4.01. The van der Waals surface area contributed by atoms with Gasteiger partial charge in [-0.2, -0.15) is 13.2 Å². The molecule has 0 aromatic heterocycles. The Morgan fingerprint density at radius 1 is 0.976 bits per heavy atom. The largest absolute Gasteiger partial charge is 0.492 e. The first-order chi connectivity index (χ1) is 19.3. The Kier molecular flexibility index (Phi) is 7.42. The van der Waals surface area contributed by atoms with Crippen LogP contribution in [0.25, 0.3) is 17.2 Å². The van der Waals surface area contributed by atoms with E-state index < -0.39 is 36.2 Å². The Bertz CT molecular complexity index is 1440. The summed E-state index contributed by atoms with van der Waals surface area (Å²) >= 11 is 0. The summed E-state index contributed by atoms with van der Waals surface area (Å²) in [7, 11) is -1.00.